The lowest BCUT2D eigenvalue weighted by Crippen LogP contribution is -2.16. The molecule has 2 rings (SSSR count). The quantitative estimate of drug-likeness (QED) is 0.535. The summed E-state index contributed by atoms with van der Waals surface area (Å²) in [6, 6.07) is 12.4. The molecule has 0 saturated carbocycles. The third kappa shape index (κ3) is 5.19. The summed E-state index contributed by atoms with van der Waals surface area (Å²) in [6.45, 7) is 1.92. The van der Waals surface area contributed by atoms with E-state index in [1.54, 1.807) is 24.3 Å². The van der Waals surface area contributed by atoms with E-state index in [1.165, 1.54) is 18.2 Å². The summed E-state index contributed by atoms with van der Waals surface area (Å²) in [7, 11) is -3.37. The second-order valence-corrected chi connectivity index (χ2v) is 7.42. The number of hydrogen-bond acceptors (Lipinski definition) is 6. The first kappa shape index (κ1) is 19.2. The van der Waals surface area contributed by atoms with Gasteiger partial charge in [-0.05, 0) is 36.8 Å². The Labute approximate surface area is 151 Å². The Balaban J connectivity index is 2.13. The highest BCUT2D eigenvalue weighted by Gasteiger charge is 2.12. The molecule has 0 aliphatic rings. The number of nitriles is 1. The Morgan fingerprint density at radius 3 is 2.38 bits per heavy atom. The van der Waals surface area contributed by atoms with E-state index < -0.39 is 14.9 Å². The molecule has 9 heteroatoms. The lowest BCUT2D eigenvalue weighted by atomic mass is 10.1. The Bertz CT molecular complexity index is 934. The molecule has 2 aromatic rings. The molecule has 8 nitrogen and oxygen atoms in total. The van der Waals surface area contributed by atoms with Crippen LogP contribution in [0.15, 0.2) is 42.5 Å². The zero-order valence-corrected chi connectivity index (χ0v) is 14.9. The summed E-state index contributed by atoms with van der Waals surface area (Å²) < 4.78 is 26.3. The SMILES string of the molecule is CCCCS(=O)(=O)Nc1ccc(Nc2ccc([N+](=O)[O-])cc2C#N)cc1. The lowest BCUT2D eigenvalue weighted by Gasteiger charge is -2.10. The second kappa shape index (κ2) is 8.31. The Morgan fingerprint density at radius 2 is 1.81 bits per heavy atom. The number of anilines is 3. The van der Waals surface area contributed by atoms with E-state index in [4.69, 9.17) is 5.26 Å². The Kier molecular flexibility index (Phi) is 6.14. The van der Waals surface area contributed by atoms with E-state index in [9.17, 15) is 18.5 Å². The topological polar surface area (TPSA) is 125 Å². The van der Waals surface area contributed by atoms with Crippen molar-refractivity contribution >= 4 is 32.8 Å². The van der Waals surface area contributed by atoms with E-state index in [1.807, 2.05) is 13.0 Å². The van der Waals surface area contributed by atoms with Crippen LogP contribution < -0.4 is 10.0 Å². The zero-order valence-electron chi connectivity index (χ0n) is 14.1. The monoisotopic (exact) mass is 374 g/mol. The normalized spacial score (nSPS) is 10.8. The standard InChI is InChI=1S/C17H18N4O4S/c1-2-3-10-26(24,25)20-15-6-4-14(5-7-15)19-17-9-8-16(21(22)23)11-13(17)12-18/h4-9,11,19-20H,2-3,10H2,1H3. The number of nitro benzene ring substituents is 1. The van der Waals surface area contributed by atoms with Crippen LogP contribution in [0.25, 0.3) is 0 Å². The van der Waals surface area contributed by atoms with Crippen LogP contribution in [-0.2, 0) is 10.0 Å². The zero-order chi connectivity index (χ0) is 19.2. The van der Waals surface area contributed by atoms with Crippen molar-refractivity contribution in [2.75, 3.05) is 15.8 Å². The highest BCUT2D eigenvalue weighted by molar-refractivity contribution is 7.92. The van der Waals surface area contributed by atoms with Gasteiger partial charge in [0.2, 0.25) is 10.0 Å². The van der Waals surface area contributed by atoms with E-state index in [0.29, 0.717) is 23.5 Å². The number of nitrogens with zero attached hydrogens (tertiary/aromatic N) is 2. The molecule has 0 saturated heterocycles. The molecular weight excluding hydrogens is 356 g/mol. The summed E-state index contributed by atoms with van der Waals surface area (Å²) in [6.07, 6.45) is 1.38. The van der Waals surface area contributed by atoms with Crippen LogP contribution in [0.3, 0.4) is 0 Å². The van der Waals surface area contributed by atoms with Gasteiger partial charge in [0.05, 0.1) is 21.9 Å². The molecule has 26 heavy (non-hydrogen) atoms. The number of nitrogens with one attached hydrogen (secondary N) is 2. The number of rotatable bonds is 8. The predicted octanol–water partition coefficient (Wildman–Crippen LogP) is 3.75. The van der Waals surface area contributed by atoms with Crippen molar-refractivity contribution in [2.45, 2.75) is 19.8 Å². The van der Waals surface area contributed by atoms with E-state index in [-0.39, 0.29) is 17.0 Å². The first-order valence-electron chi connectivity index (χ1n) is 7.91. The van der Waals surface area contributed by atoms with Crippen molar-refractivity contribution in [1.82, 2.24) is 0 Å². The minimum atomic E-state index is -3.37. The maximum absolute atomic E-state index is 11.9. The van der Waals surface area contributed by atoms with Crippen molar-refractivity contribution in [3.63, 3.8) is 0 Å². The third-order valence-electron chi connectivity index (χ3n) is 3.54. The first-order valence-corrected chi connectivity index (χ1v) is 9.56. The van der Waals surface area contributed by atoms with Crippen molar-refractivity contribution in [3.8, 4) is 6.07 Å². The number of hydrogen-bond donors (Lipinski definition) is 2. The van der Waals surface area contributed by atoms with Gasteiger partial charge in [-0.3, -0.25) is 14.8 Å². The third-order valence-corrected chi connectivity index (χ3v) is 4.91. The van der Waals surface area contributed by atoms with Crippen molar-refractivity contribution in [1.29, 1.82) is 5.26 Å². The summed E-state index contributed by atoms with van der Waals surface area (Å²) in [4.78, 5) is 10.2. The summed E-state index contributed by atoms with van der Waals surface area (Å²) >= 11 is 0. The molecule has 0 aliphatic carbocycles. The van der Waals surface area contributed by atoms with Crippen LogP contribution in [-0.4, -0.2) is 19.1 Å². The fourth-order valence-electron chi connectivity index (χ4n) is 2.19. The average Bonchev–Trinajstić information content (AvgIpc) is 2.61. The molecule has 0 amide bonds. The lowest BCUT2D eigenvalue weighted by molar-refractivity contribution is -0.384. The van der Waals surface area contributed by atoms with Crippen LogP contribution in [0.4, 0.5) is 22.7 Å². The van der Waals surface area contributed by atoms with Gasteiger partial charge in [-0.1, -0.05) is 13.3 Å². The molecule has 0 aliphatic heterocycles. The smallest absolute Gasteiger partial charge is 0.270 e. The number of unbranched alkanes of at least 4 members (excludes halogenated alkanes) is 1. The Morgan fingerprint density at radius 1 is 1.15 bits per heavy atom. The fourth-order valence-corrected chi connectivity index (χ4v) is 3.46. The number of non-ortho nitro benzene ring substituents is 1. The molecule has 136 valence electrons. The van der Waals surface area contributed by atoms with Crippen LogP contribution in [0.2, 0.25) is 0 Å². The fraction of sp³-hybridized carbons (Fsp3) is 0.235. The molecule has 0 aromatic heterocycles. The molecule has 0 atom stereocenters. The minimum Gasteiger partial charge on any atom is -0.354 e. The van der Waals surface area contributed by atoms with Gasteiger partial charge in [-0.15, -0.1) is 0 Å². The summed E-state index contributed by atoms with van der Waals surface area (Å²) in [5, 5.41) is 22.9. The molecule has 0 bridgehead atoms. The highest BCUT2D eigenvalue weighted by Crippen LogP contribution is 2.25. The van der Waals surface area contributed by atoms with Gasteiger partial charge < -0.3 is 5.32 Å². The number of nitro groups is 1. The number of benzene rings is 2. The molecule has 2 N–H and O–H groups in total. The molecule has 2 aromatic carbocycles. The minimum absolute atomic E-state index is 0.0673. The average molecular weight is 374 g/mol. The van der Waals surface area contributed by atoms with Crippen molar-refractivity contribution < 1.29 is 13.3 Å². The first-order chi connectivity index (χ1) is 12.3. The molecule has 0 radical (unpaired) electrons. The van der Waals surface area contributed by atoms with Gasteiger partial charge >= 0.3 is 0 Å². The van der Waals surface area contributed by atoms with Gasteiger partial charge in [0.15, 0.2) is 0 Å². The van der Waals surface area contributed by atoms with Gasteiger partial charge in [0.1, 0.15) is 6.07 Å². The van der Waals surface area contributed by atoms with Gasteiger partial charge in [-0.2, -0.15) is 5.26 Å². The van der Waals surface area contributed by atoms with Gasteiger partial charge in [0.25, 0.3) is 5.69 Å². The van der Waals surface area contributed by atoms with Gasteiger partial charge in [-0.25, -0.2) is 8.42 Å². The molecule has 0 unspecified atom stereocenters. The van der Waals surface area contributed by atoms with Gasteiger partial charge in [0, 0.05) is 23.5 Å². The van der Waals surface area contributed by atoms with E-state index >= 15 is 0 Å². The molecule has 0 spiro atoms. The number of sulfonamides is 1. The predicted molar refractivity (Wildman–Crippen MR) is 99.9 cm³/mol. The van der Waals surface area contributed by atoms with E-state index in [0.717, 1.165) is 6.42 Å². The van der Waals surface area contributed by atoms with Crippen LogP contribution in [0.5, 0.6) is 0 Å². The summed E-state index contributed by atoms with van der Waals surface area (Å²) in [5.41, 5.74) is 1.46. The van der Waals surface area contributed by atoms with Crippen LogP contribution >= 0.6 is 0 Å². The molecule has 0 fully saturated rings. The largest absolute Gasteiger partial charge is 0.354 e. The van der Waals surface area contributed by atoms with Crippen molar-refractivity contribution in [3.05, 3.63) is 58.1 Å². The van der Waals surface area contributed by atoms with Crippen LogP contribution in [0.1, 0.15) is 25.3 Å². The molecular formula is C17H18N4O4S. The maximum atomic E-state index is 11.9. The van der Waals surface area contributed by atoms with Crippen LogP contribution in [0, 0.1) is 21.4 Å². The second-order valence-electron chi connectivity index (χ2n) is 5.58. The van der Waals surface area contributed by atoms with E-state index in [2.05, 4.69) is 10.0 Å². The molecule has 0 heterocycles. The highest BCUT2D eigenvalue weighted by atomic mass is 32.2. The summed E-state index contributed by atoms with van der Waals surface area (Å²) in [5.74, 6) is 0.0673. The Hall–Kier alpha value is -3.12. The maximum Gasteiger partial charge on any atom is 0.270 e. The van der Waals surface area contributed by atoms with Crippen molar-refractivity contribution in [2.24, 2.45) is 0 Å².